The number of nitrogens with two attached hydrogens (primary N) is 1. The summed E-state index contributed by atoms with van der Waals surface area (Å²) in [6.07, 6.45) is 0. The van der Waals surface area contributed by atoms with E-state index in [2.05, 4.69) is 49.6 Å². The van der Waals surface area contributed by atoms with Crippen LogP contribution < -0.4 is 5.73 Å². The Morgan fingerprint density at radius 1 is 1.11 bits per heavy atom. The Morgan fingerprint density at radius 3 is 2.32 bits per heavy atom. The molecule has 0 amide bonds. The molecule has 2 N–H and O–H groups in total. The van der Waals surface area contributed by atoms with Gasteiger partial charge in [-0.1, -0.05) is 26.0 Å². The van der Waals surface area contributed by atoms with Crippen LogP contribution in [0.1, 0.15) is 33.3 Å². The quantitative estimate of drug-likeness (QED) is 0.732. The monoisotopic (exact) mass is 263 g/mol. The number of hydrogen-bond acceptors (Lipinski definition) is 3. The third-order valence-electron chi connectivity index (χ3n) is 3.66. The first-order valence-electron chi connectivity index (χ1n) is 7.37. The molecule has 0 aliphatic heterocycles. The number of hydrogen-bond donors (Lipinski definition) is 1. The van der Waals surface area contributed by atoms with E-state index in [0.717, 1.165) is 38.4 Å². The van der Waals surface area contributed by atoms with Crippen LogP contribution in [0.4, 0.5) is 5.69 Å². The van der Waals surface area contributed by atoms with Crippen LogP contribution in [0.3, 0.4) is 0 Å². The fourth-order valence-corrected chi connectivity index (χ4v) is 2.26. The molecule has 3 nitrogen and oxygen atoms in total. The van der Waals surface area contributed by atoms with E-state index in [1.54, 1.807) is 0 Å². The van der Waals surface area contributed by atoms with Gasteiger partial charge in [-0.2, -0.15) is 0 Å². The summed E-state index contributed by atoms with van der Waals surface area (Å²) in [5.41, 5.74) is 8.00. The van der Waals surface area contributed by atoms with Crippen LogP contribution in [0.2, 0.25) is 0 Å². The molecule has 0 radical (unpaired) electrons. The summed E-state index contributed by atoms with van der Waals surface area (Å²) >= 11 is 0. The number of anilines is 1. The molecule has 0 unspecified atom stereocenters. The molecular formula is C16H29N3. The normalized spacial score (nSPS) is 11.7. The van der Waals surface area contributed by atoms with E-state index < -0.39 is 0 Å². The molecule has 0 bridgehead atoms. The van der Waals surface area contributed by atoms with Gasteiger partial charge in [-0.05, 0) is 44.6 Å². The summed E-state index contributed by atoms with van der Waals surface area (Å²) in [7, 11) is 0. The van der Waals surface area contributed by atoms with Crippen LogP contribution in [0.5, 0.6) is 0 Å². The second kappa shape index (κ2) is 8.18. The van der Waals surface area contributed by atoms with Gasteiger partial charge in [-0.25, -0.2) is 0 Å². The van der Waals surface area contributed by atoms with Crippen molar-refractivity contribution in [2.45, 2.75) is 40.3 Å². The minimum Gasteiger partial charge on any atom is -0.399 e. The van der Waals surface area contributed by atoms with Crippen molar-refractivity contribution in [2.75, 3.05) is 31.9 Å². The van der Waals surface area contributed by atoms with Gasteiger partial charge in [0.15, 0.2) is 0 Å². The largest absolute Gasteiger partial charge is 0.399 e. The van der Waals surface area contributed by atoms with Crippen molar-refractivity contribution in [1.29, 1.82) is 0 Å². The molecule has 0 atom stereocenters. The highest BCUT2D eigenvalue weighted by Crippen LogP contribution is 2.11. The maximum atomic E-state index is 5.85. The van der Waals surface area contributed by atoms with Crippen molar-refractivity contribution in [2.24, 2.45) is 0 Å². The first kappa shape index (κ1) is 16.0. The highest BCUT2D eigenvalue weighted by molar-refractivity contribution is 5.40. The van der Waals surface area contributed by atoms with Gasteiger partial charge in [0, 0.05) is 31.4 Å². The van der Waals surface area contributed by atoms with E-state index in [1.807, 2.05) is 12.1 Å². The first-order valence-corrected chi connectivity index (χ1v) is 7.37. The number of nitrogen functional groups attached to an aromatic ring is 1. The Labute approximate surface area is 118 Å². The van der Waals surface area contributed by atoms with Gasteiger partial charge in [0.2, 0.25) is 0 Å². The molecule has 0 spiro atoms. The Balaban J connectivity index is 2.58. The predicted octanol–water partition coefficient (Wildman–Crippen LogP) is 2.82. The van der Waals surface area contributed by atoms with Crippen molar-refractivity contribution in [1.82, 2.24) is 9.80 Å². The van der Waals surface area contributed by atoms with Gasteiger partial charge >= 0.3 is 0 Å². The molecule has 1 aromatic rings. The standard InChI is InChI=1S/C16H29N3/c1-5-18(6-2)10-11-19(14(3)4)13-15-8-7-9-16(17)12-15/h7-9,12,14H,5-6,10-11,13,17H2,1-4H3. The van der Waals surface area contributed by atoms with Gasteiger partial charge in [-0.3, -0.25) is 4.90 Å². The number of benzene rings is 1. The highest BCUT2D eigenvalue weighted by Gasteiger charge is 2.11. The molecule has 0 heterocycles. The highest BCUT2D eigenvalue weighted by atomic mass is 15.2. The van der Waals surface area contributed by atoms with E-state index >= 15 is 0 Å². The van der Waals surface area contributed by atoms with Crippen molar-refractivity contribution in [3.63, 3.8) is 0 Å². The van der Waals surface area contributed by atoms with E-state index in [0.29, 0.717) is 6.04 Å². The van der Waals surface area contributed by atoms with Crippen LogP contribution >= 0.6 is 0 Å². The maximum absolute atomic E-state index is 5.85. The summed E-state index contributed by atoms with van der Waals surface area (Å²) in [5.74, 6) is 0. The average Bonchev–Trinajstić information content (AvgIpc) is 2.38. The van der Waals surface area contributed by atoms with Crippen molar-refractivity contribution in [3.05, 3.63) is 29.8 Å². The van der Waals surface area contributed by atoms with Crippen LogP contribution in [-0.4, -0.2) is 42.0 Å². The fourth-order valence-electron chi connectivity index (χ4n) is 2.26. The number of rotatable bonds is 8. The summed E-state index contributed by atoms with van der Waals surface area (Å²) in [6.45, 7) is 14.4. The maximum Gasteiger partial charge on any atom is 0.0317 e. The molecule has 0 aromatic heterocycles. The van der Waals surface area contributed by atoms with Crippen molar-refractivity contribution in [3.8, 4) is 0 Å². The lowest BCUT2D eigenvalue weighted by atomic mass is 10.1. The molecule has 0 saturated carbocycles. The summed E-state index contributed by atoms with van der Waals surface area (Å²) in [5, 5.41) is 0. The van der Waals surface area contributed by atoms with Gasteiger partial charge in [0.1, 0.15) is 0 Å². The topological polar surface area (TPSA) is 32.5 Å². The van der Waals surface area contributed by atoms with Gasteiger partial charge < -0.3 is 10.6 Å². The zero-order valence-electron chi connectivity index (χ0n) is 12.9. The van der Waals surface area contributed by atoms with Crippen LogP contribution in [0.15, 0.2) is 24.3 Å². The summed E-state index contributed by atoms with van der Waals surface area (Å²) < 4.78 is 0. The van der Waals surface area contributed by atoms with Crippen LogP contribution in [-0.2, 0) is 6.54 Å². The zero-order valence-corrected chi connectivity index (χ0v) is 12.9. The van der Waals surface area contributed by atoms with E-state index in [-0.39, 0.29) is 0 Å². The number of likely N-dealkylation sites (N-methyl/N-ethyl adjacent to an activating group) is 1. The van der Waals surface area contributed by atoms with Gasteiger partial charge in [0.25, 0.3) is 0 Å². The number of nitrogens with zero attached hydrogens (tertiary/aromatic N) is 2. The molecule has 0 saturated heterocycles. The fraction of sp³-hybridized carbons (Fsp3) is 0.625. The van der Waals surface area contributed by atoms with Crippen LogP contribution in [0.25, 0.3) is 0 Å². The predicted molar refractivity (Wildman–Crippen MR) is 84.2 cm³/mol. The minimum atomic E-state index is 0.553. The molecule has 19 heavy (non-hydrogen) atoms. The Hall–Kier alpha value is -1.06. The third kappa shape index (κ3) is 5.62. The van der Waals surface area contributed by atoms with E-state index in [9.17, 15) is 0 Å². The van der Waals surface area contributed by atoms with E-state index in [4.69, 9.17) is 5.73 Å². The lowest BCUT2D eigenvalue weighted by Crippen LogP contribution is -2.38. The van der Waals surface area contributed by atoms with Crippen LogP contribution in [0, 0.1) is 0 Å². The zero-order chi connectivity index (χ0) is 14.3. The first-order chi connectivity index (χ1) is 9.06. The molecular weight excluding hydrogens is 234 g/mol. The molecule has 0 aliphatic rings. The molecule has 108 valence electrons. The second-order valence-electron chi connectivity index (χ2n) is 5.34. The third-order valence-corrected chi connectivity index (χ3v) is 3.66. The lowest BCUT2D eigenvalue weighted by molar-refractivity contribution is 0.175. The lowest BCUT2D eigenvalue weighted by Gasteiger charge is -2.29. The van der Waals surface area contributed by atoms with Gasteiger partial charge in [0.05, 0.1) is 0 Å². The molecule has 1 rings (SSSR count). The Bertz CT molecular complexity index is 359. The molecule has 1 aromatic carbocycles. The average molecular weight is 263 g/mol. The minimum absolute atomic E-state index is 0.553. The molecule has 0 fully saturated rings. The van der Waals surface area contributed by atoms with Gasteiger partial charge in [-0.15, -0.1) is 0 Å². The Morgan fingerprint density at radius 2 is 1.79 bits per heavy atom. The summed E-state index contributed by atoms with van der Waals surface area (Å²) in [6, 6.07) is 8.76. The van der Waals surface area contributed by atoms with Crippen molar-refractivity contribution < 1.29 is 0 Å². The van der Waals surface area contributed by atoms with E-state index in [1.165, 1.54) is 5.56 Å². The SMILES string of the molecule is CCN(CC)CCN(Cc1cccc(N)c1)C(C)C. The smallest absolute Gasteiger partial charge is 0.0317 e. The molecule has 3 heteroatoms. The summed E-state index contributed by atoms with van der Waals surface area (Å²) in [4.78, 5) is 4.97. The molecule has 0 aliphatic carbocycles. The Kier molecular flexibility index (Phi) is 6.89. The van der Waals surface area contributed by atoms with Crippen molar-refractivity contribution >= 4 is 5.69 Å². The second-order valence-corrected chi connectivity index (χ2v) is 5.34.